The summed E-state index contributed by atoms with van der Waals surface area (Å²) in [6, 6.07) is 16.4. The van der Waals surface area contributed by atoms with Crippen molar-refractivity contribution < 1.29 is 18.0 Å². The molecule has 0 aliphatic rings. The highest BCUT2D eigenvalue weighted by molar-refractivity contribution is 6.31. The van der Waals surface area contributed by atoms with Crippen molar-refractivity contribution in [3.05, 3.63) is 87.9 Å². The van der Waals surface area contributed by atoms with Crippen LogP contribution in [0.3, 0.4) is 0 Å². The van der Waals surface area contributed by atoms with Gasteiger partial charge in [-0.25, -0.2) is 9.97 Å². The van der Waals surface area contributed by atoms with Gasteiger partial charge in [0.1, 0.15) is 5.82 Å². The molecule has 0 aliphatic heterocycles. The number of halogens is 5. The van der Waals surface area contributed by atoms with Crippen molar-refractivity contribution in [3.8, 4) is 11.4 Å². The fraction of sp³-hybridized carbons (Fsp3) is 0.125. The number of benzene rings is 3. The van der Waals surface area contributed by atoms with Crippen molar-refractivity contribution in [1.82, 2.24) is 15.3 Å². The number of alkyl halides is 3. The van der Waals surface area contributed by atoms with Crippen LogP contribution in [-0.2, 0) is 6.18 Å². The second-order valence-electron chi connectivity index (χ2n) is 7.32. The highest BCUT2D eigenvalue weighted by Gasteiger charge is 2.30. The van der Waals surface area contributed by atoms with E-state index in [2.05, 4.69) is 20.6 Å². The normalized spacial score (nSPS) is 11.4. The summed E-state index contributed by atoms with van der Waals surface area (Å²) in [5.74, 6) is 0.551. The van der Waals surface area contributed by atoms with Crippen LogP contribution in [0.15, 0.2) is 66.7 Å². The summed E-state index contributed by atoms with van der Waals surface area (Å²) in [4.78, 5) is 21.5. The van der Waals surface area contributed by atoms with E-state index in [1.807, 2.05) is 12.1 Å². The molecule has 10 heteroatoms. The molecule has 0 fully saturated rings. The lowest BCUT2D eigenvalue weighted by Gasteiger charge is -2.12. The van der Waals surface area contributed by atoms with E-state index in [4.69, 9.17) is 23.2 Å². The van der Waals surface area contributed by atoms with Gasteiger partial charge in [0.2, 0.25) is 0 Å². The molecule has 34 heavy (non-hydrogen) atoms. The Balaban J connectivity index is 1.46. The number of nitrogens with one attached hydrogen (secondary N) is 2. The van der Waals surface area contributed by atoms with Crippen molar-refractivity contribution in [2.45, 2.75) is 6.18 Å². The summed E-state index contributed by atoms with van der Waals surface area (Å²) in [5.41, 5.74) is 0.742. The van der Waals surface area contributed by atoms with Crippen LogP contribution in [0.4, 0.5) is 19.0 Å². The third kappa shape index (κ3) is 5.58. The Bertz CT molecular complexity index is 1330. The summed E-state index contributed by atoms with van der Waals surface area (Å²) >= 11 is 12.1. The Morgan fingerprint density at radius 2 is 1.53 bits per heavy atom. The number of amides is 1. The van der Waals surface area contributed by atoms with Crippen LogP contribution in [0.5, 0.6) is 0 Å². The first-order chi connectivity index (χ1) is 16.2. The number of carbonyl (C=O) groups excluding carboxylic acids is 1. The number of fused-ring (bicyclic) bond motifs is 1. The molecule has 174 valence electrons. The van der Waals surface area contributed by atoms with E-state index in [0.717, 1.165) is 35.2 Å². The van der Waals surface area contributed by atoms with E-state index < -0.39 is 17.6 Å². The maximum atomic E-state index is 12.7. The van der Waals surface area contributed by atoms with E-state index in [0.29, 0.717) is 33.7 Å². The molecule has 2 N–H and O–H groups in total. The van der Waals surface area contributed by atoms with Gasteiger partial charge < -0.3 is 10.6 Å². The molecule has 0 radical (unpaired) electrons. The quantitative estimate of drug-likeness (QED) is 0.295. The molecule has 4 aromatic rings. The van der Waals surface area contributed by atoms with Crippen LogP contribution in [0.25, 0.3) is 22.3 Å². The number of anilines is 1. The highest BCUT2D eigenvalue weighted by atomic mass is 35.5. The van der Waals surface area contributed by atoms with Gasteiger partial charge in [-0.1, -0.05) is 23.2 Å². The third-order valence-corrected chi connectivity index (χ3v) is 5.43. The lowest BCUT2D eigenvalue weighted by molar-refractivity contribution is -0.137. The second-order valence-corrected chi connectivity index (χ2v) is 8.19. The first kappa shape index (κ1) is 23.8. The largest absolute Gasteiger partial charge is 0.416 e. The average Bonchev–Trinajstić information content (AvgIpc) is 2.81. The van der Waals surface area contributed by atoms with Gasteiger partial charge in [-0.2, -0.15) is 13.2 Å². The molecule has 0 saturated heterocycles. The molecule has 4 rings (SSSR count). The van der Waals surface area contributed by atoms with Crippen molar-refractivity contribution in [2.75, 3.05) is 18.4 Å². The molecule has 0 unspecified atom stereocenters. The van der Waals surface area contributed by atoms with Crippen LogP contribution < -0.4 is 10.6 Å². The lowest BCUT2D eigenvalue weighted by Crippen LogP contribution is -2.29. The Morgan fingerprint density at radius 3 is 2.21 bits per heavy atom. The maximum Gasteiger partial charge on any atom is 0.416 e. The Morgan fingerprint density at radius 1 is 0.853 bits per heavy atom. The maximum absolute atomic E-state index is 12.7. The molecule has 5 nitrogen and oxygen atoms in total. The van der Waals surface area contributed by atoms with Gasteiger partial charge in [0.15, 0.2) is 5.82 Å². The van der Waals surface area contributed by atoms with E-state index in [1.54, 1.807) is 30.3 Å². The topological polar surface area (TPSA) is 66.9 Å². The number of carbonyl (C=O) groups is 1. The van der Waals surface area contributed by atoms with Crippen molar-refractivity contribution in [1.29, 1.82) is 0 Å². The third-order valence-electron chi connectivity index (χ3n) is 4.94. The fourth-order valence-electron chi connectivity index (χ4n) is 3.24. The molecule has 0 saturated carbocycles. The Kier molecular flexibility index (Phi) is 6.90. The van der Waals surface area contributed by atoms with Gasteiger partial charge in [0, 0.05) is 39.6 Å². The fourth-order valence-corrected chi connectivity index (χ4v) is 3.53. The number of aromatic nitrogens is 2. The van der Waals surface area contributed by atoms with Crippen LogP contribution in [0.1, 0.15) is 15.9 Å². The van der Waals surface area contributed by atoms with Crippen LogP contribution >= 0.6 is 23.2 Å². The molecular formula is C24H17Cl2F3N4O. The van der Waals surface area contributed by atoms with Gasteiger partial charge in [-0.3, -0.25) is 4.79 Å². The van der Waals surface area contributed by atoms with E-state index in [1.165, 1.54) is 0 Å². The smallest absolute Gasteiger partial charge is 0.368 e. The van der Waals surface area contributed by atoms with Gasteiger partial charge in [0.05, 0.1) is 11.1 Å². The highest BCUT2D eigenvalue weighted by Crippen LogP contribution is 2.29. The van der Waals surface area contributed by atoms with E-state index in [9.17, 15) is 18.0 Å². The summed E-state index contributed by atoms with van der Waals surface area (Å²) in [6.45, 7) is 0.538. The van der Waals surface area contributed by atoms with E-state index >= 15 is 0 Å². The SMILES string of the molecule is O=C(NCCNc1nc(-c2ccc(Cl)cc2)nc2cc(Cl)ccc12)c1ccc(C(F)(F)F)cc1. The monoisotopic (exact) mass is 504 g/mol. The first-order valence-electron chi connectivity index (χ1n) is 10.1. The minimum atomic E-state index is -4.45. The molecule has 1 amide bonds. The number of nitrogens with zero attached hydrogens (tertiary/aromatic N) is 2. The summed E-state index contributed by atoms with van der Waals surface area (Å²) in [6.07, 6.45) is -4.45. The molecule has 0 bridgehead atoms. The van der Waals surface area contributed by atoms with Gasteiger partial charge in [0.25, 0.3) is 5.91 Å². The van der Waals surface area contributed by atoms with Crippen LogP contribution in [0, 0.1) is 0 Å². The number of rotatable bonds is 6. The first-order valence-corrected chi connectivity index (χ1v) is 10.9. The molecule has 1 heterocycles. The Labute approximate surface area is 202 Å². The summed E-state index contributed by atoms with van der Waals surface area (Å²) in [7, 11) is 0. The van der Waals surface area contributed by atoms with Crippen molar-refractivity contribution in [2.24, 2.45) is 0 Å². The molecule has 3 aromatic carbocycles. The van der Waals surface area contributed by atoms with Crippen LogP contribution in [0.2, 0.25) is 10.0 Å². The minimum absolute atomic E-state index is 0.139. The average molecular weight is 505 g/mol. The number of hydrogen-bond donors (Lipinski definition) is 2. The standard InChI is InChI=1S/C24H17Cl2F3N4O/c25-17-7-3-14(4-8-17)21-32-20-13-18(26)9-10-19(20)22(33-21)30-11-12-31-23(34)15-1-5-16(6-2-15)24(27,28)29/h1-10,13H,11-12H2,(H,31,34)(H,30,32,33). The zero-order chi connectivity index (χ0) is 24.3. The molecule has 0 atom stereocenters. The van der Waals surface area contributed by atoms with Gasteiger partial charge in [-0.05, 0) is 66.7 Å². The second kappa shape index (κ2) is 9.87. The zero-order valence-corrected chi connectivity index (χ0v) is 19.0. The summed E-state index contributed by atoms with van der Waals surface area (Å²) in [5, 5.41) is 7.73. The van der Waals surface area contributed by atoms with Gasteiger partial charge >= 0.3 is 6.18 Å². The van der Waals surface area contributed by atoms with Crippen molar-refractivity contribution in [3.63, 3.8) is 0 Å². The van der Waals surface area contributed by atoms with E-state index in [-0.39, 0.29) is 12.1 Å². The van der Waals surface area contributed by atoms with Gasteiger partial charge in [-0.15, -0.1) is 0 Å². The van der Waals surface area contributed by atoms with Crippen LogP contribution in [-0.4, -0.2) is 29.0 Å². The molecule has 1 aromatic heterocycles. The summed E-state index contributed by atoms with van der Waals surface area (Å²) < 4.78 is 38.1. The predicted octanol–water partition coefficient (Wildman–Crippen LogP) is 6.46. The molecule has 0 aliphatic carbocycles. The Hall–Kier alpha value is -3.36. The number of hydrogen-bond acceptors (Lipinski definition) is 4. The minimum Gasteiger partial charge on any atom is -0.368 e. The van der Waals surface area contributed by atoms with Crippen molar-refractivity contribution >= 4 is 45.8 Å². The zero-order valence-electron chi connectivity index (χ0n) is 17.5. The lowest BCUT2D eigenvalue weighted by atomic mass is 10.1. The predicted molar refractivity (Wildman–Crippen MR) is 127 cm³/mol. The molecule has 0 spiro atoms. The molecular weight excluding hydrogens is 488 g/mol.